The van der Waals surface area contributed by atoms with E-state index in [1.54, 1.807) is 12.1 Å². The van der Waals surface area contributed by atoms with E-state index >= 15 is 0 Å². The second-order valence-corrected chi connectivity index (χ2v) is 4.46. The topological polar surface area (TPSA) is 44.4 Å². The van der Waals surface area contributed by atoms with Crippen molar-refractivity contribution < 1.29 is 9.18 Å². The van der Waals surface area contributed by atoms with E-state index in [-0.39, 0.29) is 17.8 Å². The maximum absolute atomic E-state index is 13.0. The van der Waals surface area contributed by atoms with Crippen molar-refractivity contribution in [2.75, 3.05) is 31.5 Å². The first kappa shape index (κ1) is 13.0. The molecule has 0 saturated carbocycles. The van der Waals surface area contributed by atoms with Gasteiger partial charge in [0.2, 0.25) is 5.91 Å². The average molecular weight is 251 g/mol. The first-order chi connectivity index (χ1) is 8.66. The van der Waals surface area contributed by atoms with Crippen LogP contribution < -0.4 is 10.6 Å². The number of piperazine rings is 1. The Kier molecular flexibility index (Phi) is 4.28. The van der Waals surface area contributed by atoms with Crippen LogP contribution in [0.15, 0.2) is 24.3 Å². The fraction of sp³-hybridized carbons (Fsp3) is 0.462. The number of benzene rings is 1. The van der Waals surface area contributed by atoms with Gasteiger partial charge in [-0.3, -0.25) is 9.69 Å². The van der Waals surface area contributed by atoms with Crippen LogP contribution >= 0.6 is 0 Å². The third kappa shape index (κ3) is 3.27. The standard InChI is InChI=1S/C13H18FN3O/c1-10(17-7-5-15-6-8-17)13(18)16-12-4-2-3-11(14)9-12/h2-4,9-10,15H,5-8H2,1H3,(H,16,18)/t10-/m0/s1. The van der Waals surface area contributed by atoms with Crippen molar-refractivity contribution in [3.05, 3.63) is 30.1 Å². The lowest BCUT2D eigenvalue weighted by atomic mass is 10.2. The van der Waals surface area contributed by atoms with Crippen molar-refractivity contribution >= 4 is 11.6 Å². The summed E-state index contributed by atoms with van der Waals surface area (Å²) in [6, 6.07) is 5.75. The van der Waals surface area contributed by atoms with Crippen LogP contribution in [-0.2, 0) is 4.79 Å². The minimum atomic E-state index is -0.345. The summed E-state index contributed by atoms with van der Waals surface area (Å²) in [6.45, 7) is 5.39. The molecule has 1 aliphatic heterocycles. The fourth-order valence-electron chi connectivity index (χ4n) is 2.05. The van der Waals surface area contributed by atoms with E-state index in [1.807, 2.05) is 6.92 Å². The Morgan fingerprint density at radius 1 is 1.44 bits per heavy atom. The highest BCUT2D eigenvalue weighted by molar-refractivity contribution is 5.94. The largest absolute Gasteiger partial charge is 0.325 e. The third-order valence-corrected chi connectivity index (χ3v) is 3.17. The lowest BCUT2D eigenvalue weighted by Crippen LogP contribution is -2.51. The Bertz CT molecular complexity index is 418. The smallest absolute Gasteiger partial charge is 0.241 e. The monoisotopic (exact) mass is 251 g/mol. The molecule has 1 fully saturated rings. The summed E-state index contributed by atoms with van der Waals surface area (Å²) in [6.07, 6.45) is 0. The van der Waals surface area contributed by atoms with Gasteiger partial charge in [0.15, 0.2) is 0 Å². The molecule has 2 N–H and O–H groups in total. The second-order valence-electron chi connectivity index (χ2n) is 4.46. The summed E-state index contributed by atoms with van der Waals surface area (Å²) in [5.74, 6) is -0.440. The van der Waals surface area contributed by atoms with Crippen LogP contribution in [0.3, 0.4) is 0 Å². The number of amides is 1. The van der Waals surface area contributed by atoms with E-state index in [2.05, 4.69) is 15.5 Å². The maximum Gasteiger partial charge on any atom is 0.241 e. The number of hydrogen-bond donors (Lipinski definition) is 2. The number of carbonyl (C=O) groups excluding carboxylic acids is 1. The van der Waals surface area contributed by atoms with E-state index in [1.165, 1.54) is 12.1 Å². The molecule has 0 radical (unpaired) electrons. The Morgan fingerprint density at radius 2 is 2.17 bits per heavy atom. The van der Waals surface area contributed by atoms with Crippen molar-refractivity contribution in [1.29, 1.82) is 0 Å². The number of halogens is 1. The van der Waals surface area contributed by atoms with Gasteiger partial charge >= 0.3 is 0 Å². The highest BCUT2D eigenvalue weighted by Gasteiger charge is 2.22. The Hall–Kier alpha value is -1.46. The predicted octanol–water partition coefficient (Wildman–Crippen LogP) is 1.06. The fourth-order valence-corrected chi connectivity index (χ4v) is 2.05. The van der Waals surface area contributed by atoms with Gasteiger partial charge in [-0.2, -0.15) is 0 Å². The van der Waals surface area contributed by atoms with Gasteiger partial charge in [0.25, 0.3) is 0 Å². The quantitative estimate of drug-likeness (QED) is 0.844. The van der Waals surface area contributed by atoms with E-state index in [4.69, 9.17) is 0 Å². The minimum Gasteiger partial charge on any atom is -0.325 e. The van der Waals surface area contributed by atoms with Gasteiger partial charge in [-0.05, 0) is 25.1 Å². The maximum atomic E-state index is 13.0. The molecule has 0 aromatic heterocycles. The molecule has 1 saturated heterocycles. The van der Waals surface area contributed by atoms with Gasteiger partial charge in [0, 0.05) is 31.9 Å². The molecule has 1 aromatic carbocycles. The van der Waals surface area contributed by atoms with Crippen LogP contribution in [0.2, 0.25) is 0 Å². The van der Waals surface area contributed by atoms with Gasteiger partial charge in [-0.1, -0.05) is 6.07 Å². The van der Waals surface area contributed by atoms with Crippen molar-refractivity contribution in [3.8, 4) is 0 Å². The minimum absolute atomic E-state index is 0.0949. The zero-order valence-electron chi connectivity index (χ0n) is 10.4. The lowest BCUT2D eigenvalue weighted by Gasteiger charge is -2.31. The number of nitrogens with one attached hydrogen (secondary N) is 2. The third-order valence-electron chi connectivity index (χ3n) is 3.17. The number of hydrogen-bond acceptors (Lipinski definition) is 3. The van der Waals surface area contributed by atoms with E-state index in [0.717, 1.165) is 26.2 Å². The SMILES string of the molecule is C[C@@H](C(=O)Nc1cccc(F)c1)N1CCNCC1. The molecule has 0 aliphatic carbocycles. The van der Waals surface area contributed by atoms with Crippen molar-refractivity contribution in [2.45, 2.75) is 13.0 Å². The van der Waals surface area contributed by atoms with Gasteiger partial charge < -0.3 is 10.6 Å². The Morgan fingerprint density at radius 3 is 2.83 bits per heavy atom. The van der Waals surface area contributed by atoms with Crippen molar-refractivity contribution in [3.63, 3.8) is 0 Å². The van der Waals surface area contributed by atoms with E-state index < -0.39 is 0 Å². The van der Waals surface area contributed by atoms with Crippen molar-refractivity contribution in [1.82, 2.24) is 10.2 Å². The number of anilines is 1. The van der Waals surface area contributed by atoms with E-state index in [9.17, 15) is 9.18 Å². The molecule has 4 nitrogen and oxygen atoms in total. The molecular formula is C13H18FN3O. The lowest BCUT2D eigenvalue weighted by molar-refractivity contribution is -0.120. The van der Waals surface area contributed by atoms with E-state index in [0.29, 0.717) is 5.69 Å². The zero-order valence-corrected chi connectivity index (χ0v) is 10.4. The van der Waals surface area contributed by atoms with Gasteiger partial charge in [-0.15, -0.1) is 0 Å². The van der Waals surface area contributed by atoms with Crippen LogP contribution in [0.25, 0.3) is 0 Å². The van der Waals surface area contributed by atoms with Crippen LogP contribution in [0.5, 0.6) is 0 Å². The van der Waals surface area contributed by atoms with Crippen LogP contribution in [-0.4, -0.2) is 43.0 Å². The van der Waals surface area contributed by atoms with Crippen LogP contribution in [0.1, 0.15) is 6.92 Å². The molecule has 1 atom stereocenters. The number of rotatable bonds is 3. The molecule has 1 amide bonds. The molecule has 0 unspecified atom stereocenters. The Labute approximate surface area is 106 Å². The summed E-state index contributed by atoms with van der Waals surface area (Å²) in [7, 11) is 0. The molecule has 2 rings (SSSR count). The summed E-state index contributed by atoms with van der Waals surface area (Å²) in [5, 5.41) is 5.98. The molecule has 5 heteroatoms. The predicted molar refractivity (Wildman–Crippen MR) is 68.9 cm³/mol. The van der Waals surface area contributed by atoms with Gasteiger partial charge in [0.05, 0.1) is 6.04 Å². The highest BCUT2D eigenvalue weighted by atomic mass is 19.1. The Balaban J connectivity index is 1.94. The molecule has 18 heavy (non-hydrogen) atoms. The van der Waals surface area contributed by atoms with Gasteiger partial charge in [0.1, 0.15) is 5.82 Å². The first-order valence-electron chi connectivity index (χ1n) is 6.18. The number of nitrogens with zero attached hydrogens (tertiary/aromatic N) is 1. The summed E-state index contributed by atoms with van der Waals surface area (Å²) >= 11 is 0. The molecule has 1 heterocycles. The van der Waals surface area contributed by atoms with Crippen LogP contribution in [0.4, 0.5) is 10.1 Å². The molecule has 1 aromatic rings. The molecular weight excluding hydrogens is 233 g/mol. The zero-order chi connectivity index (χ0) is 13.0. The molecule has 1 aliphatic rings. The molecule has 0 bridgehead atoms. The molecule has 0 spiro atoms. The van der Waals surface area contributed by atoms with Gasteiger partial charge in [-0.25, -0.2) is 4.39 Å². The first-order valence-corrected chi connectivity index (χ1v) is 6.18. The highest BCUT2D eigenvalue weighted by Crippen LogP contribution is 2.11. The van der Waals surface area contributed by atoms with Crippen LogP contribution in [0, 0.1) is 5.82 Å². The summed E-state index contributed by atoms with van der Waals surface area (Å²) in [5.41, 5.74) is 0.502. The second kappa shape index (κ2) is 5.93. The number of carbonyl (C=O) groups is 1. The molecule has 98 valence electrons. The normalized spacial score (nSPS) is 18.3. The summed E-state index contributed by atoms with van der Waals surface area (Å²) < 4.78 is 13.0. The average Bonchev–Trinajstić information content (AvgIpc) is 2.39. The summed E-state index contributed by atoms with van der Waals surface area (Å²) in [4.78, 5) is 14.1. The van der Waals surface area contributed by atoms with Crippen molar-refractivity contribution in [2.24, 2.45) is 0 Å².